The smallest absolute Gasteiger partial charge is 0.308 e. The normalized spacial score (nSPS) is 18.7. The van der Waals surface area contributed by atoms with Gasteiger partial charge in [-0.25, -0.2) is 0 Å². The molecule has 1 saturated heterocycles. The molecule has 1 aromatic carbocycles. The Kier molecular flexibility index (Phi) is 4.04. The van der Waals surface area contributed by atoms with Gasteiger partial charge in [-0.15, -0.1) is 0 Å². The van der Waals surface area contributed by atoms with E-state index in [1.807, 2.05) is 31.2 Å². The SMILES string of the molecule is CCOc1cccc(CN2CC(C(=O)O)CC2=O)c1. The standard InChI is InChI=1S/C14H17NO4/c1-2-19-12-5-3-4-10(6-12)8-15-9-11(14(17)18)7-13(15)16/h3-6,11H,2,7-9H2,1H3,(H,17,18). The molecule has 5 heteroatoms. The van der Waals surface area contributed by atoms with Crippen molar-refractivity contribution in [2.24, 2.45) is 5.92 Å². The summed E-state index contributed by atoms with van der Waals surface area (Å²) in [6.45, 7) is 3.22. The maximum absolute atomic E-state index is 11.7. The third-order valence-electron chi connectivity index (χ3n) is 3.15. The van der Waals surface area contributed by atoms with E-state index in [-0.39, 0.29) is 18.9 Å². The fourth-order valence-corrected chi connectivity index (χ4v) is 2.21. The van der Waals surface area contributed by atoms with Gasteiger partial charge >= 0.3 is 5.97 Å². The lowest BCUT2D eigenvalue weighted by Gasteiger charge is -2.16. The molecule has 0 aromatic heterocycles. The number of carboxylic acid groups (broad SMARTS) is 1. The summed E-state index contributed by atoms with van der Waals surface area (Å²) in [5.41, 5.74) is 0.949. The molecule has 1 atom stereocenters. The lowest BCUT2D eigenvalue weighted by Crippen LogP contribution is -2.25. The van der Waals surface area contributed by atoms with Crippen molar-refractivity contribution >= 4 is 11.9 Å². The summed E-state index contributed by atoms with van der Waals surface area (Å²) in [7, 11) is 0. The second kappa shape index (κ2) is 5.73. The number of benzene rings is 1. The van der Waals surface area contributed by atoms with Crippen molar-refractivity contribution in [1.82, 2.24) is 4.90 Å². The van der Waals surface area contributed by atoms with Crippen molar-refractivity contribution in [3.63, 3.8) is 0 Å². The molecule has 2 rings (SSSR count). The van der Waals surface area contributed by atoms with Crippen LogP contribution in [-0.2, 0) is 16.1 Å². The molecule has 1 amide bonds. The number of rotatable bonds is 5. The van der Waals surface area contributed by atoms with Crippen LogP contribution in [0.5, 0.6) is 5.75 Å². The lowest BCUT2D eigenvalue weighted by molar-refractivity contribution is -0.141. The van der Waals surface area contributed by atoms with Crippen LogP contribution in [0.15, 0.2) is 24.3 Å². The van der Waals surface area contributed by atoms with Crippen molar-refractivity contribution < 1.29 is 19.4 Å². The number of nitrogens with zero attached hydrogens (tertiary/aromatic N) is 1. The zero-order valence-electron chi connectivity index (χ0n) is 10.8. The molecule has 1 N–H and O–H groups in total. The summed E-state index contributed by atoms with van der Waals surface area (Å²) in [4.78, 5) is 24.2. The van der Waals surface area contributed by atoms with E-state index in [0.29, 0.717) is 13.2 Å². The van der Waals surface area contributed by atoms with E-state index in [0.717, 1.165) is 11.3 Å². The van der Waals surface area contributed by atoms with Gasteiger partial charge in [-0.3, -0.25) is 9.59 Å². The highest BCUT2D eigenvalue weighted by molar-refractivity contribution is 5.86. The van der Waals surface area contributed by atoms with Crippen LogP contribution in [-0.4, -0.2) is 35.0 Å². The number of ether oxygens (including phenoxy) is 1. The number of hydrogen-bond donors (Lipinski definition) is 1. The van der Waals surface area contributed by atoms with Crippen molar-refractivity contribution in [1.29, 1.82) is 0 Å². The van der Waals surface area contributed by atoms with Crippen LogP contribution in [0.1, 0.15) is 18.9 Å². The highest BCUT2D eigenvalue weighted by atomic mass is 16.5. The van der Waals surface area contributed by atoms with E-state index in [4.69, 9.17) is 9.84 Å². The van der Waals surface area contributed by atoms with Gasteiger partial charge in [0.25, 0.3) is 0 Å². The summed E-state index contributed by atoms with van der Waals surface area (Å²) >= 11 is 0. The molecule has 1 aromatic rings. The summed E-state index contributed by atoms with van der Waals surface area (Å²) in [5.74, 6) is -0.822. The fraction of sp³-hybridized carbons (Fsp3) is 0.429. The molecule has 0 spiro atoms. The topological polar surface area (TPSA) is 66.8 Å². The highest BCUT2D eigenvalue weighted by Crippen LogP contribution is 2.22. The van der Waals surface area contributed by atoms with Gasteiger partial charge < -0.3 is 14.7 Å². The van der Waals surface area contributed by atoms with Crippen LogP contribution >= 0.6 is 0 Å². The van der Waals surface area contributed by atoms with Crippen LogP contribution in [0.25, 0.3) is 0 Å². The maximum Gasteiger partial charge on any atom is 0.308 e. The van der Waals surface area contributed by atoms with Gasteiger partial charge in [-0.2, -0.15) is 0 Å². The quantitative estimate of drug-likeness (QED) is 0.874. The molecule has 1 heterocycles. The van der Waals surface area contributed by atoms with E-state index in [1.54, 1.807) is 4.90 Å². The van der Waals surface area contributed by atoms with Crippen LogP contribution in [0.2, 0.25) is 0 Å². The van der Waals surface area contributed by atoms with Crippen molar-refractivity contribution in [3.8, 4) is 5.75 Å². The Morgan fingerprint density at radius 3 is 2.95 bits per heavy atom. The third kappa shape index (κ3) is 3.24. The number of carbonyl (C=O) groups excluding carboxylic acids is 1. The van der Waals surface area contributed by atoms with E-state index in [9.17, 15) is 9.59 Å². The Hall–Kier alpha value is -2.04. The Morgan fingerprint density at radius 1 is 1.53 bits per heavy atom. The minimum absolute atomic E-state index is 0.0977. The predicted molar refractivity (Wildman–Crippen MR) is 68.8 cm³/mol. The second-order valence-electron chi connectivity index (χ2n) is 4.59. The second-order valence-corrected chi connectivity index (χ2v) is 4.59. The third-order valence-corrected chi connectivity index (χ3v) is 3.15. The Morgan fingerprint density at radius 2 is 2.32 bits per heavy atom. The number of amides is 1. The van der Waals surface area contributed by atoms with Crippen LogP contribution < -0.4 is 4.74 Å². The molecular weight excluding hydrogens is 246 g/mol. The lowest BCUT2D eigenvalue weighted by atomic mass is 10.1. The van der Waals surface area contributed by atoms with E-state index in [2.05, 4.69) is 0 Å². The van der Waals surface area contributed by atoms with Gasteiger partial charge in [0.1, 0.15) is 5.75 Å². The molecule has 0 bridgehead atoms. The fourth-order valence-electron chi connectivity index (χ4n) is 2.21. The van der Waals surface area contributed by atoms with Gasteiger partial charge in [0.05, 0.1) is 12.5 Å². The van der Waals surface area contributed by atoms with E-state index in [1.165, 1.54) is 0 Å². The first-order valence-electron chi connectivity index (χ1n) is 6.32. The predicted octanol–water partition coefficient (Wildman–Crippen LogP) is 1.52. The molecule has 0 saturated carbocycles. The molecule has 0 aliphatic carbocycles. The molecule has 5 nitrogen and oxygen atoms in total. The Balaban J connectivity index is 2.03. The van der Waals surface area contributed by atoms with Crippen LogP contribution in [0.4, 0.5) is 0 Å². The summed E-state index contributed by atoms with van der Waals surface area (Å²) in [6, 6.07) is 7.52. The van der Waals surface area contributed by atoms with Crippen molar-refractivity contribution in [2.45, 2.75) is 19.9 Å². The number of aliphatic carboxylic acids is 1. The number of carboxylic acids is 1. The van der Waals surface area contributed by atoms with Gasteiger partial charge in [0.15, 0.2) is 0 Å². The Bertz CT molecular complexity index is 486. The largest absolute Gasteiger partial charge is 0.494 e. The summed E-state index contributed by atoms with van der Waals surface area (Å²) in [5, 5.41) is 8.93. The molecule has 1 aliphatic rings. The van der Waals surface area contributed by atoms with Gasteiger partial charge in [-0.1, -0.05) is 12.1 Å². The molecule has 1 aliphatic heterocycles. The summed E-state index contributed by atoms with van der Waals surface area (Å²) in [6.07, 6.45) is 0.0977. The number of hydrogen-bond acceptors (Lipinski definition) is 3. The average molecular weight is 263 g/mol. The molecular formula is C14H17NO4. The molecule has 1 fully saturated rings. The molecule has 0 radical (unpaired) electrons. The number of carbonyl (C=O) groups is 2. The maximum atomic E-state index is 11.7. The van der Waals surface area contributed by atoms with Gasteiger partial charge in [-0.05, 0) is 24.6 Å². The van der Waals surface area contributed by atoms with Gasteiger partial charge in [0, 0.05) is 19.5 Å². The first-order valence-corrected chi connectivity index (χ1v) is 6.32. The monoisotopic (exact) mass is 263 g/mol. The van der Waals surface area contributed by atoms with Crippen molar-refractivity contribution in [2.75, 3.05) is 13.2 Å². The van der Waals surface area contributed by atoms with E-state index >= 15 is 0 Å². The zero-order valence-corrected chi connectivity index (χ0v) is 10.8. The van der Waals surface area contributed by atoms with Crippen LogP contribution in [0.3, 0.4) is 0 Å². The van der Waals surface area contributed by atoms with E-state index < -0.39 is 11.9 Å². The van der Waals surface area contributed by atoms with Crippen LogP contribution in [0, 0.1) is 5.92 Å². The minimum Gasteiger partial charge on any atom is -0.494 e. The summed E-state index contributed by atoms with van der Waals surface area (Å²) < 4.78 is 5.40. The zero-order chi connectivity index (χ0) is 13.8. The number of likely N-dealkylation sites (tertiary alicyclic amines) is 1. The minimum atomic E-state index is -0.904. The molecule has 102 valence electrons. The average Bonchev–Trinajstić information content (AvgIpc) is 2.72. The Labute approximate surface area is 111 Å². The van der Waals surface area contributed by atoms with Crippen molar-refractivity contribution in [3.05, 3.63) is 29.8 Å². The molecule has 19 heavy (non-hydrogen) atoms. The highest BCUT2D eigenvalue weighted by Gasteiger charge is 2.34. The first kappa shape index (κ1) is 13.4. The first-order chi connectivity index (χ1) is 9.10. The van der Waals surface area contributed by atoms with Gasteiger partial charge in [0.2, 0.25) is 5.91 Å². The molecule has 1 unspecified atom stereocenters.